The minimum absolute atomic E-state index is 0.225. The van der Waals surface area contributed by atoms with E-state index in [9.17, 15) is 0 Å². The van der Waals surface area contributed by atoms with E-state index in [0.29, 0.717) is 10.8 Å². The number of hydrogen-bond acceptors (Lipinski definition) is 3. The molecular weight excluding hydrogens is 221 g/mol. The Bertz CT molecular complexity index is 326. The first-order chi connectivity index (χ1) is 6.75. The largest absolute Gasteiger partial charge is 0.369 e. The van der Waals surface area contributed by atoms with E-state index in [0.717, 1.165) is 12.5 Å². The molecule has 0 radical (unpaired) electrons. The predicted octanol–water partition coefficient (Wildman–Crippen LogP) is 3.00. The molecule has 0 aliphatic heterocycles. The van der Waals surface area contributed by atoms with Gasteiger partial charge in [0.2, 0.25) is 5.28 Å². The minimum Gasteiger partial charge on any atom is -0.369 e. The van der Waals surface area contributed by atoms with Gasteiger partial charge in [-0.05, 0) is 23.9 Å². The van der Waals surface area contributed by atoms with Gasteiger partial charge in [-0.2, -0.15) is 4.98 Å². The first kappa shape index (κ1) is 9.99. The Kier molecular flexibility index (Phi) is 3.08. The fourth-order valence-electron chi connectivity index (χ4n) is 1.27. The minimum atomic E-state index is 0.225. The molecule has 1 N–H and O–H groups in total. The maximum Gasteiger partial charge on any atom is 0.224 e. The molecule has 14 heavy (non-hydrogen) atoms. The normalized spacial score (nSPS) is 15.6. The maximum absolute atomic E-state index is 5.88. The second kappa shape index (κ2) is 4.32. The maximum atomic E-state index is 5.88. The highest BCUT2D eigenvalue weighted by Crippen LogP contribution is 2.32. The molecule has 1 heterocycles. The van der Waals surface area contributed by atoms with Crippen molar-refractivity contribution in [2.75, 3.05) is 11.9 Å². The smallest absolute Gasteiger partial charge is 0.224 e. The number of aromatic nitrogens is 2. The van der Waals surface area contributed by atoms with Crippen LogP contribution in [0.4, 0.5) is 5.82 Å². The van der Waals surface area contributed by atoms with Gasteiger partial charge >= 0.3 is 0 Å². The van der Waals surface area contributed by atoms with Crippen LogP contribution in [-0.4, -0.2) is 16.5 Å². The number of rotatable bonds is 4. The van der Waals surface area contributed by atoms with Gasteiger partial charge in [0.1, 0.15) is 10.8 Å². The summed E-state index contributed by atoms with van der Waals surface area (Å²) in [5, 5.41) is 3.90. The van der Waals surface area contributed by atoms with Crippen molar-refractivity contribution in [1.82, 2.24) is 9.97 Å². The Balaban J connectivity index is 1.89. The molecule has 2 rings (SSSR count). The summed E-state index contributed by atoms with van der Waals surface area (Å²) in [6.07, 6.45) is 5.41. The second-order valence-corrected chi connectivity index (χ2v) is 4.24. The van der Waals surface area contributed by atoms with Crippen LogP contribution in [0.2, 0.25) is 10.3 Å². The lowest BCUT2D eigenvalue weighted by Gasteiger charge is -2.06. The predicted molar refractivity (Wildman–Crippen MR) is 57.9 cm³/mol. The summed E-state index contributed by atoms with van der Waals surface area (Å²) in [6, 6.07) is 0. The molecule has 0 unspecified atom stereocenters. The van der Waals surface area contributed by atoms with E-state index in [-0.39, 0.29) is 5.28 Å². The number of nitrogens with zero attached hydrogens (tertiary/aromatic N) is 2. The quantitative estimate of drug-likeness (QED) is 0.811. The van der Waals surface area contributed by atoms with Gasteiger partial charge in [0, 0.05) is 6.54 Å². The first-order valence-corrected chi connectivity index (χ1v) is 5.43. The molecule has 5 heteroatoms. The standard InChI is InChI=1S/C9H11Cl2N3/c10-7-5-13-9(11)14-8(7)12-4-3-6-1-2-6/h5-6H,1-4H2,(H,12,13,14). The number of nitrogens with one attached hydrogen (secondary N) is 1. The van der Waals surface area contributed by atoms with Crippen molar-refractivity contribution in [3.05, 3.63) is 16.5 Å². The van der Waals surface area contributed by atoms with Gasteiger partial charge in [-0.3, -0.25) is 0 Å². The molecule has 1 aromatic heterocycles. The first-order valence-electron chi connectivity index (χ1n) is 4.67. The lowest BCUT2D eigenvalue weighted by molar-refractivity contribution is 0.758. The average Bonchev–Trinajstić information content (AvgIpc) is 2.95. The van der Waals surface area contributed by atoms with Crippen molar-refractivity contribution in [1.29, 1.82) is 0 Å². The molecular formula is C9H11Cl2N3. The van der Waals surface area contributed by atoms with Crippen molar-refractivity contribution in [2.24, 2.45) is 5.92 Å². The zero-order chi connectivity index (χ0) is 9.97. The fourth-order valence-corrected chi connectivity index (χ4v) is 1.56. The summed E-state index contributed by atoms with van der Waals surface area (Å²) in [7, 11) is 0. The van der Waals surface area contributed by atoms with Crippen molar-refractivity contribution in [3.63, 3.8) is 0 Å². The van der Waals surface area contributed by atoms with Crippen LogP contribution in [0.1, 0.15) is 19.3 Å². The second-order valence-electron chi connectivity index (χ2n) is 3.49. The van der Waals surface area contributed by atoms with Gasteiger partial charge in [0.25, 0.3) is 0 Å². The lowest BCUT2D eigenvalue weighted by Crippen LogP contribution is -2.05. The van der Waals surface area contributed by atoms with Crippen molar-refractivity contribution in [3.8, 4) is 0 Å². The van der Waals surface area contributed by atoms with E-state index in [1.807, 2.05) is 0 Å². The summed E-state index contributed by atoms with van der Waals surface area (Å²) in [5.74, 6) is 1.53. The Hall–Kier alpha value is -0.540. The van der Waals surface area contributed by atoms with E-state index in [1.165, 1.54) is 25.5 Å². The molecule has 3 nitrogen and oxygen atoms in total. The molecule has 76 valence electrons. The molecule has 1 aliphatic rings. The summed E-state index contributed by atoms with van der Waals surface area (Å²) in [6.45, 7) is 0.901. The number of anilines is 1. The van der Waals surface area contributed by atoms with Crippen LogP contribution in [-0.2, 0) is 0 Å². The third-order valence-corrected chi connectivity index (χ3v) is 2.72. The lowest BCUT2D eigenvalue weighted by atomic mass is 10.3. The molecule has 1 aromatic rings. The molecule has 0 bridgehead atoms. The van der Waals surface area contributed by atoms with Gasteiger partial charge in [0.05, 0.1) is 6.20 Å². The Morgan fingerprint density at radius 2 is 2.21 bits per heavy atom. The van der Waals surface area contributed by atoms with E-state index < -0.39 is 0 Å². The average molecular weight is 232 g/mol. The number of halogens is 2. The molecule has 0 spiro atoms. The SMILES string of the molecule is Clc1ncc(Cl)c(NCCC2CC2)n1. The molecule has 1 aliphatic carbocycles. The highest BCUT2D eigenvalue weighted by atomic mass is 35.5. The molecule has 0 saturated heterocycles. The molecule has 0 aromatic carbocycles. The van der Waals surface area contributed by atoms with Crippen LogP contribution in [0, 0.1) is 5.92 Å². The Morgan fingerprint density at radius 3 is 2.93 bits per heavy atom. The molecule has 1 fully saturated rings. The Labute approximate surface area is 92.8 Å². The van der Waals surface area contributed by atoms with Crippen LogP contribution in [0.15, 0.2) is 6.20 Å². The monoisotopic (exact) mass is 231 g/mol. The van der Waals surface area contributed by atoms with Gasteiger partial charge in [-0.25, -0.2) is 4.98 Å². The van der Waals surface area contributed by atoms with Crippen molar-refractivity contribution < 1.29 is 0 Å². The van der Waals surface area contributed by atoms with Crippen LogP contribution in [0.5, 0.6) is 0 Å². The van der Waals surface area contributed by atoms with E-state index in [1.54, 1.807) is 0 Å². The van der Waals surface area contributed by atoms with Crippen LogP contribution >= 0.6 is 23.2 Å². The van der Waals surface area contributed by atoms with E-state index in [4.69, 9.17) is 23.2 Å². The molecule has 0 atom stereocenters. The summed E-state index contributed by atoms with van der Waals surface area (Å²) in [4.78, 5) is 7.78. The Morgan fingerprint density at radius 1 is 1.43 bits per heavy atom. The summed E-state index contributed by atoms with van der Waals surface area (Å²) < 4.78 is 0. The zero-order valence-electron chi connectivity index (χ0n) is 7.63. The summed E-state index contributed by atoms with van der Waals surface area (Å²) in [5.41, 5.74) is 0. The highest BCUT2D eigenvalue weighted by Gasteiger charge is 2.20. The van der Waals surface area contributed by atoms with E-state index in [2.05, 4.69) is 15.3 Å². The van der Waals surface area contributed by atoms with E-state index >= 15 is 0 Å². The summed E-state index contributed by atoms with van der Waals surface area (Å²) >= 11 is 11.5. The topological polar surface area (TPSA) is 37.8 Å². The number of hydrogen-bond donors (Lipinski definition) is 1. The molecule has 0 amide bonds. The third kappa shape index (κ3) is 2.72. The van der Waals surface area contributed by atoms with Gasteiger partial charge < -0.3 is 5.32 Å². The van der Waals surface area contributed by atoms with Crippen molar-refractivity contribution >= 4 is 29.0 Å². The third-order valence-electron chi connectivity index (χ3n) is 2.26. The van der Waals surface area contributed by atoms with Crippen molar-refractivity contribution in [2.45, 2.75) is 19.3 Å². The van der Waals surface area contributed by atoms with Gasteiger partial charge in [0.15, 0.2) is 0 Å². The molecule has 1 saturated carbocycles. The van der Waals surface area contributed by atoms with Crippen LogP contribution < -0.4 is 5.32 Å². The van der Waals surface area contributed by atoms with Gasteiger partial charge in [-0.1, -0.05) is 24.4 Å². The fraction of sp³-hybridized carbons (Fsp3) is 0.556. The zero-order valence-corrected chi connectivity index (χ0v) is 9.15. The van der Waals surface area contributed by atoms with Gasteiger partial charge in [-0.15, -0.1) is 0 Å². The van der Waals surface area contributed by atoms with Crippen LogP contribution in [0.3, 0.4) is 0 Å². The van der Waals surface area contributed by atoms with Crippen LogP contribution in [0.25, 0.3) is 0 Å². The highest BCUT2D eigenvalue weighted by molar-refractivity contribution is 6.33.